The summed E-state index contributed by atoms with van der Waals surface area (Å²) >= 11 is 1.33. The first-order valence-corrected chi connectivity index (χ1v) is 9.38. The molecule has 0 atom stereocenters. The van der Waals surface area contributed by atoms with Gasteiger partial charge in [0.15, 0.2) is 5.78 Å². The van der Waals surface area contributed by atoms with E-state index >= 15 is 0 Å². The minimum atomic E-state index is 0.0256. The smallest absolute Gasteiger partial charge is 0.169 e. The molecule has 0 aromatic heterocycles. The number of hydrogen-bond acceptors (Lipinski definition) is 4. The molecule has 0 fully saturated rings. The summed E-state index contributed by atoms with van der Waals surface area (Å²) < 4.78 is 0. The van der Waals surface area contributed by atoms with E-state index in [2.05, 4.69) is 36.9 Å². The number of benzene rings is 2. The summed E-state index contributed by atoms with van der Waals surface area (Å²) in [6.45, 7) is 6.16. The number of hydrogen-bond donors (Lipinski definition) is 1. The van der Waals surface area contributed by atoms with E-state index in [4.69, 9.17) is 5.41 Å². The minimum Gasteiger partial charge on any atom is -0.372 e. The molecule has 0 spiro atoms. The number of nitrogens with one attached hydrogen (secondary N) is 1. The molecule has 3 nitrogen and oxygen atoms in total. The monoisotopic (exact) mass is 350 g/mol. The van der Waals surface area contributed by atoms with Gasteiger partial charge in [0.25, 0.3) is 0 Å². The fourth-order valence-corrected chi connectivity index (χ4v) is 3.84. The molecule has 2 aromatic rings. The summed E-state index contributed by atoms with van der Waals surface area (Å²) in [7, 11) is 0. The Hall–Kier alpha value is -2.33. The Bertz CT molecular complexity index is 823. The molecule has 0 unspecified atom stereocenters. The summed E-state index contributed by atoms with van der Waals surface area (Å²) in [5, 5.41) is 8.64. The largest absolute Gasteiger partial charge is 0.372 e. The summed E-state index contributed by atoms with van der Waals surface area (Å²) in [6.07, 6.45) is 2.24. The molecular weight excluding hydrogens is 328 g/mol. The second kappa shape index (κ2) is 7.70. The van der Waals surface area contributed by atoms with Gasteiger partial charge in [-0.3, -0.25) is 10.2 Å². The Morgan fingerprint density at radius 2 is 1.84 bits per heavy atom. The van der Waals surface area contributed by atoms with Crippen LogP contribution in [0.5, 0.6) is 0 Å². The average Bonchev–Trinajstić information content (AvgIpc) is 2.63. The third-order valence-corrected chi connectivity index (χ3v) is 5.35. The highest BCUT2D eigenvalue weighted by molar-refractivity contribution is 8.14. The van der Waals surface area contributed by atoms with E-state index in [1.807, 2.05) is 36.4 Å². The molecule has 0 aliphatic heterocycles. The predicted octanol–water partition coefficient (Wildman–Crippen LogP) is 4.81. The van der Waals surface area contributed by atoms with E-state index in [-0.39, 0.29) is 5.78 Å². The van der Waals surface area contributed by atoms with E-state index in [1.54, 1.807) is 0 Å². The minimum absolute atomic E-state index is 0.0256. The lowest BCUT2D eigenvalue weighted by atomic mass is 9.91. The lowest BCUT2D eigenvalue weighted by Crippen LogP contribution is -2.23. The van der Waals surface area contributed by atoms with Gasteiger partial charge >= 0.3 is 0 Å². The van der Waals surface area contributed by atoms with Crippen LogP contribution in [0.25, 0.3) is 6.08 Å². The van der Waals surface area contributed by atoms with Crippen molar-refractivity contribution in [3.05, 3.63) is 65.2 Å². The SMILES string of the molecule is CCN(CC)c1ccc2c(c1)CC(=O)C(C(=N)Sc1ccccc1)=C2. The number of rotatable bonds is 5. The fourth-order valence-electron chi connectivity index (χ4n) is 3.03. The summed E-state index contributed by atoms with van der Waals surface area (Å²) in [6, 6.07) is 16.0. The molecule has 0 bridgehead atoms. The van der Waals surface area contributed by atoms with Crippen LogP contribution >= 0.6 is 11.8 Å². The van der Waals surface area contributed by atoms with Gasteiger partial charge in [-0.1, -0.05) is 36.0 Å². The van der Waals surface area contributed by atoms with E-state index in [9.17, 15) is 4.79 Å². The van der Waals surface area contributed by atoms with Crippen LogP contribution in [-0.2, 0) is 11.2 Å². The number of carbonyl (C=O) groups excluding carboxylic acids is 1. The van der Waals surface area contributed by atoms with Crippen LogP contribution in [0.4, 0.5) is 5.69 Å². The lowest BCUT2D eigenvalue weighted by molar-refractivity contribution is -0.114. The van der Waals surface area contributed by atoms with E-state index in [0.29, 0.717) is 17.0 Å². The number of anilines is 1. The van der Waals surface area contributed by atoms with E-state index < -0.39 is 0 Å². The van der Waals surface area contributed by atoms with Crippen molar-refractivity contribution in [2.75, 3.05) is 18.0 Å². The summed E-state index contributed by atoms with van der Waals surface area (Å²) in [5.41, 5.74) is 3.76. The molecule has 1 N–H and O–H groups in total. The normalized spacial score (nSPS) is 13.2. The van der Waals surface area contributed by atoms with Gasteiger partial charge in [0.1, 0.15) is 5.04 Å². The van der Waals surface area contributed by atoms with Gasteiger partial charge in [-0.2, -0.15) is 0 Å². The van der Waals surface area contributed by atoms with Crippen molar-refractivity contribution in [1.82, 2.24) is 0 Å². The molecule has 1 aliphatic carbocycles. The topological polar surface area (TPSA) is 44.2 Å². The van der Waals surface area contributed by atoms with Gasteiger partial charge in [0, 0.05) is 30.1 Å². The van der Waals surface area contributed by atoms with Crippen molar-refractivity contribution in [1.29, 1.82) is 5.41 Å². The van der Waals surface area contributed by atoms with Crippen LogP contribution in [0.2, 0.25) is 0 Å². The standard InChI is InChI=1S/C21H22N2OS/c1-3-23(4-2)17-11-10-15-13-19(20(24)14-16(15)12-17)21(22)25-18-8-6-5-7-9-18/h5-13,22H,3-4,14H2,1-2H3. The molecule has 0 saturated heterocycles. The van der Waals surface area contributed by atoms with Crippen LogP contribution in [0.15, 0.2) is 59.0 Å². The second-order valence-electron chi connectivity index (χ2n) is 5.96. The molecule has 4 heteroatoms. The highest BCUT2D eigenvalue weighted by Gasteiger charge is 2.23. The molecule has 1 aliphatic rings. The van der Waals surface area contributed by atoms with Gasteiger partial charge < -0.3 is 4.90 Å². The van der Waals surface area contributed by atoms with Gasteiger partial charge in [0.05, 0.1) is 5.57 Å². The van der Waals surface area contributed by atoms with Gasteiger partial charge in [-0.05, 0) is 55.3 Å². The van der Waals surface area contributed by atoms with Crippen molar-refractivity contribution in [3.8, 4) is 0 Å². The highest BCUT2D eigenvalue weighted by Crippen LogP contribution is 2.30. The highest BCUT2D eigenvalue weighted by atomic mass is 32.2. The van der Waals surface area contributed by atoms with Crippen LogP contribution in [0.1, 0.15) is 25.0 Å². The number of Topliss-reactive ketones (excluding diaryl/α,β-unsaturated/α-hetero) is 1. The zero-order valence-corrected chi connectivity index (χ0v) is 15.4. The quantitative estimate of drug-likeness (QED) is 0.478. The maximum Gasteiger partial charge on any atom is 0.169 e. The average molecular weight is 350 g/mol. The van der Waals surface area contributed by atoms with Gasteiger partial charge in [-0.15, -0.1) is 0 Å². The Labute approximate surface area is 153 Å². The van der Waals surface area contributed by atoms with E-state index in [0.717, 1.165) is 34.8 Å². The molecule has 0 radical (unpaired) electrons. The first kappa shape index (κ1) is 17.5. The number of nitrogens with zero attached hydrogens (tertiary/aromatic N) is 1. The first-order chi connectivity index (χ1) is 12.1. The molecule has 0 saturated carbocycles. The maximum absolute atomic E-state index is 12.6. The lowest BCUT2D eigenvalue weighted by Gasteiger charge is -2.23. The third-order valence-electron chi connectivity index (χ3n) is 4.41. The Balaban J connectivity index is 1.86. The molecule has 128 valence electrons. The molecule has 25 heavy (non-hydrogen) atoms. The Morgan fingerprint density at radius 3 is 2.52 bits per heavy atom. The second-order valence-corrected chi connectivity index (χ2v) is 7.04. The van der Waals surface area contributed by atoms with Gasteiger partial charge in [0.2, 0.25) is 0 Å². The molecular formula is C21H22N2OS. The number of fused-ring (bicyclic) bond motifs is 1. The molecule has 0 heterocycles. The van der Waals surface area contributed by atoms with Crippen molar-refractivity contribution >= 4 is 34.4 Å². The third kappa shape index (κ3) is 3.85. The summed E-state index contributed by atoms with van der Waals surface area (Å²) in [5.74, 6) is 0.0256. The van der Waals surface area contributed by atoms with Crippen molar-refractivity contribution in [2.24, 2.45) is 0 Å². The van der Waals surface area contributed by atoms with E-state index in [1.165, 1.54) is 11.8 Å². The van der Waals surface area contributed by atoms with Crippen LogP contribution in [0, 0.1) is 5.41 Å². The van der Waals surface area contributed by atoms with Crippen molar-refractivity contribution in [2.45, 2.75) is 25.2 Å². The predicted molar refractivity (Wildman–Crippen MR) is 107 cm³/mol. The Kier molecular flexibility index (Phi) is 5.39. The zero-order valence-electron chi connectivity index (χ0n) is 14.6. The number of carbonyl (C=O) groups is 1. The van der Waals surface area contributed by atoms with Crippen LogP contribution < -0.4 is 4.90 Å². The number of thioether (sulfide) groups is 1. The van der Waals surface area contributed by atoms with Gasteiger partial charge in [-0.25, -0.2) is 0 Å². The number of ketones is 1. The maximum atomic E-state index is 12.6. The zero-order chi connectivity index (χ0) is 17.8. The molecule has 3 rings (SSSR count). The van der Waals surface area contributed by atoms with Crippen molar-refractivity contribution < 1.29 is 4.79 Å². The van der Waals surface area contributed by atoms with Crippen LogP contribution in [-0.4, -0.2) is 23.9 Å². The fraction of sp³-hybridized carbons (Fsp3) is 0.238. The van der Waals surface area contributed by atoms with Crippen LogP contribution in [0.3, 0.4) is 0 Å². The summed E-state index contributed by atoms with van der Waals surface area (Å²) in [4.78, 5) is 15.8. The Morgan fingerprint density at radius 1 is 1.12 bits per heavy atom. The molecule has 0 amide bonds. The molecule has 2 aromatic carbocycles. The van der Waals surface area contributed by atoms with Crippen molar-refractivity contribution in [3.63, 3.8) is 0 Å². The first-order valence-electron chi connectivity index (χ1n) is 8.57.